The Hall–Kier alpha value is -2.82. The number of nitrogens with one attached hydrogen (secondary N) is 1. The SMILES string of the molecule is COC(=O)CCC[C@@H](CC(=O)c1ccccc1)Nc1ccccc1OC. The Labute approximate surface area is 154 Å². The molecule has 2 aromatic rings. The van der Waals surface area contributed by atoms with E-state index in [9.17, 15) is 9.59 Å². The third-order valence-electron chi connectivity index (χ3n) is 4.16. The zero-order valence-electron chi connectivity index (χ0n) is 15.2. The smallest absolute Gasteiger partial charge is 0.305 e. The van der Waals surface area contributed by atoms with Crippen LogP contribution in [0.25, 0.3) is 0 Å². The highest BCUT2D eigenvalue weighted by atomic mass is 16.5. The summed E-state index contributed by atoms with van der Waals surface area (Å²) < 4.78 is 10.1. The van der Waals surface area contributed by atoms with Gasteiger partial charge in [-0.15, -0.1) is 0 Å². The maximum absolute atomic E-state index is 12.6. The summed E-state index contributed by atoms with van der Waals surface area (Å²) in [5.41, 5.74) is 1.52. The predicted molar refractivity (Wildman–Crippen MR) is 102 cm³/mol. The molecule has 0 unspecified atom stereocenters. The molecule has 1 N–H and O–H groups in total. The lowest BCUT2D eigenvalue weighted by Gasteiger charge is -2.21. The van der Waals surface area contributed by atoms with Crippen molar-refractivity contribution in [1.82, 2.24) is 0 Å². The normalized spacial score (nSPS) is 11.5. The van der Waals surface area contributed by atoms with E-state index in [1.54, 1.807) is 7.11 Å². The lowest BCUT2D eigenvalue weighted by molar-refractivity contribution is -0.140. The van der Waals surface area contributed by atoms with Crippen LogP contribution < -0.4 is 10.1 Å². The number of carbonyl (C=O) groups is 2. The number of carbonyl (C=O) groups excluding carboxylic acids is 2. The molecule has 0 aromatic heterocycles. The fourth-order valence-corrected chi connectivity index (χ4v) is 2.77. The average molecular weight is 355 g/mol. The van der Waals surface area contributed by atoms with Crippen molar-refractivity contribution in [1.29, 1.82) is 0 Å². The van der Waals surface area contributed by atoms with Gasteiger partial charge >= 0.3 is 5.97 Å². The zero-order valence-corrected chi connectivity index (χ0v) is 15.2. The van der Waals surface area contributed by atoms with Crippen LogP contribution in [0, 0.1) is 0 Å². The summed E-state index contributed by atoms with van der Waals surface area (Å²) >= 11 is 0. The summed E-state index contributed by atoms with van der Waals surface area (Å²) in [6.07, 6.45) is 1.98. The molecule has 0 saturated carbocycles. The first-order valence-electron chi connectivity index (χ1n) is 8.68. The fraction of sp³-hybridized carbons (Fsp3) is 0.333. The molecule has 138 valence electrons. The van der Waals surface area contributed by atoms with Crippen LogP contribution in [0.4, 0.5) is 5.69 Å². The number of benzene rings is 2. The van der Waals surface area contributed by atoms with E-state index in [1.807, 2.05) is 54.6 Å². The second kappa shape index (κ2) is 10.2. The molecular weight excluding hydrogens is 330 g/mol. The van der Waals surface area contributed by atoms with Crippen molar-refractivity contribution in [2.45, 2.75) is 31.7 Å². The zero-order chi connectivity index (χ0) is 18.8. The van der Waals surface area contributed by atoms with E-state index in [2.05, 4.69) is 5.32 Å². The Morgan fingerprint density at radius 3 is 2.38 bits per heavy atom. The first kappa shape index (κ1) is 19.5. The summed E-state index contributed by atoms with van der Waals surface area (Å²) in [6.45, 7) is 0. The van der Waals surface area contributed by atoms with Crippen molar-refractivity contribution in [3.8, 4) is 5.75 Å². The lowest BCUT2D eigenvalue weighted by Crippen LogP contribution is -2.24. The molecular formula is C21H25NO4. The van der Waals surface area contributed by atoms with Gasteiger partial charge in [0, 0.05) is 24.4 Å². The third kappa shape index (κ3) is 5.92. The molecule has 0 fully saturated rings. The lowest BCUT2D eigenvalue weighted by atomic mass is 9.99. The molecule has 0 aliphatic carbocycles. The molecule has 0 aliphatic rings. The Bertz CT molecular complexity index is 715. The van der Waals surface area contributed by atoms with Crippen LogP contribution in [0.2, 0.25) is 0 Å². The third-order valence-corrected chi connectivity index (χ3v) is 4.16. The second-order valence-electron chi connectivity index (χ2n) is 6.00. The number of para-hydroxylation sites is 2. The number of anilines is 1. The predicted octanol–water partition coefficient (Wildman–Crippen LogP) is 4.09. The van der Waals surface area contributed by atoms with Crippen LogP contribution in [0.5, 0.6) is 5.75 Å². The number of rotatable bonds is 10. The van der Waals surface area contributed by atoms with Gasteiger partial charge in [-0.2, -0.15) is 0 Å². The van der Waals surface area contributed by atoms with E-state index in [4.69, 9.17) is 9.47 Å². The van der Waals surface area contributed by atoms with E-state index < -0.39 is 0 Å². The van der Waals surface area contributed by atoms with Crippen LogP contribution in [0.1, 0.15) is 36.0 Å². The monoisotopic (exact) mass is 355 g/mol. The molecule has 26 heavy (non-hydrogen) atoms. The van der Waals surface area contributed by atoms with Gasteiger partial charge in [-0.1, -0.05) is 42.5 Å². The minimum absolute atomic E-state index is 0.0658. The molecule has 0 saturated heterocycles. The molecule has 2 rings (SSSR count). The minimum Gasteiger partial charge on any atom is -0.495 e. The quantitative estimate of drug-likeness (QED) is 0.514. The van der Waals surface area contributed by atoms with E-state index in [0.29, 0.717) is 31.2 Å². The van der Waals surface area contributed by atoms with E-state index in [1.165, 1.54) is 7.11 Å². The van der Waals surface area contributed by atoms with Crippen LogP contribution >= 0.6 is 0 Å². The first-order chi connectivity index (χ1) is 12.6. The molecule has 0 amide bonds. The van der Waals surface area contributed by atoms with Crippen molar-refractivity contribution in [2.75, 3.05) is 19.5 Å². The Kier molecular flexibility index (Phi) is 7.68. The molecule has 0 radical (unpaired) electrons. The summed E-state index contributed by atoms with van der Waals surface area (Å²) in [4.78, 5) is 24.0. The van der Waals surface area contributed by atoms with E-state index in [0.717, 1.165) is 11.4 Å². The number of esters is 1. The van der Waals surface area contributed by atoms with Crippen molar-refractivity contribution >= 4 is 17.4 Å². The molecule has 1 atom stereocenters. The van der Waals surface area contributed by atoms with E-state index >= 15 is 0 Å². The highest BCUT2D eigenvalue weighted by Crippen LogP contribution is 2.26. The van der Waals surface area contributed by atoms with Crippen molar-refractivity contribution in [2.24, 2.45) is 0 Å². The van der Waals surface area contributed by atoms with Crippen molar-refractivity contribution in [3.63, 3.8) is 0 Å². The van der Waals surface area contributed by atoms with E-state index in [-0.39, 0.29) is 17.8 Å². The Balaban J connectivity index is 2.07. The number of ether oxygens (including phenoxy) is 2. The van der Waals surface area contributed by atoms with Crippen LogP contribution in [0.3, 0.4) is 0 Å². The van der Waals surface area contributed by atoms with Gasteiger partial charge in [0.05, 0.1) is 19.9 Å². The first-order valence-corrected chi connectivity index (χ1v) is 8.68. The van der Waals surface area contributed by atoms with Gasteiger partial charge < -0.3 is 14.8 Å². The molecule has 0 spiro atoms. The summed E-state index contributed by atoms with van der Waals surface area (Å²) in [5, 5.41) is 3.39. The Morgan fingerprint density at radius 2 is 1.69 bits per heavy atom. The summed E-state index contributed by atoms with van der Waals surface area (Å²) in [6, 6.07) is 16.7. The van der Waals surface area contributed by atoms with Gasteiger partial charge in [-0.25, -0.2) is 0 Å². The highest BCUT2D eigenvalue weighted by molar-refractivity contribution is 5.96. The number of hydrogen-bond acceptors (Lipinski definition) is 5. The maximum Gasteiger partial charge on any atom is 0.305 e. The molecule has 5 nitrogen and oxygen atoms in total. The van der Waals surface area contributed by atoms with Gasteiger partial charge in [-0.05, 0) is 25.0 Å². The van der Waals surface area contributed by atoms with Gasteiger partial charge in [0.15, 0.2) is 5.78 Å². The van der Waals surface area contributed by atoms with Gasteiger partial charge in [-0.3, -0.25) is 9.59 Å². The van der Waals surface area contributed by atoms with Crippen LogP contribution in [-0.2, 0) is 9.53 Å². The second-order valence-corrected chi connectivity index (χ2v) is 6.00. The molecule has 5 heteroatoms. The number of methoxy groups -OCH3 is 2. The molecule has 0 aliphatic heterocycles. The van der Waals surface area contributed by atoms with Crippen LogP contribution in [-0.4, -0.2) is 32.0 Å². The standard InChI is InChI=1S/C21H25NO4/c1-25-20-13-7-6-12-18(20)22-17(11-8-14-21(24)26-2)15-19(23)16-9-4-3-5-10-16/h3-7,9-10,12-13,17,22H,8,11,14-15H2,1-2H3/t17-/m0/s1. The average Bonchev–Trinajstić information content (AvgIpc) is 2.68. The minimum atomic E-state index is -0.240. The maximum atomic E-state index is 12.6. The van der Waals surface area contributed by atoms with Crippen molar-refractivity contribution in [3.05, 3.63) is 60.2 Å². The van der Waals surface area contributed by atoms with Gasteiger partial charge in [0.1, 0.15) is 5.75 Å². The van der Waals surface area contributed by atoms with Crippen molar-refractivity contribution < 1.29 is 19.1 Å². The molecule has 2 aromatic carbocycles. The number of Topliss-reactive ketones (excluding diaryl/α,β-unsaturated/α-hetero) is 1. The summed E-state index contributed by atoms with van der Waals surface area (Å²) in [7, 11) is 2.99. The fourth-order valence-electron chi connectivity index (χ4n) is 2.77. The Morgan fingerprint density at radius 1 is 1.00 bits per heavy atom. The highest BCUT2D eigenvalue weighted by Gasteiger charge is 2.17. The number of hydrogen-bond donors (Lipinski definition) is 1. The van der Waals surface area contributed by atoms with Gasteiger partial charge in [0.25, 0.3) is 0 Å². The molecule has 0 bridgehead atoms. The summed E-state index contributed by atoms with van der Waals surface area (Å²) in [5.74, 6) is 0.545. The van der Waals surface area contributed by atoms with Gasteiger partial charge in [0.2, 0.25) is 0 Å². The molecule has 0 heterocycles. The topological polar surface area (TPSA) is 64.6 Å². The number of ketones is 1. The van der Waals surface area contributed by atoms with Crippen LogP contribution in [0.15, 0.2) is 54.6 Å². The largest absolute Gasteiger partial charge is 0.495 e.